The summed E-state index contributed by atoms with van der Waals surface area (Å²) in [5.74, 6) is 0.827. The van der Waals surface area contributed by atoms with E-state index in [9.17, 15) is 0 Å². The maximum atomic E-state index is 8.22. The molecular formula is C14H15N5O. The highest BCUT2D eigenvalue weighted by molar-refractivity contribution is 5.53. The largest absolute Gasteiger partial charge is 0.496 e. The summed E-state index contributed by atoms with van der Waals surface area (Å²) >= 11 is 0. The number of hydrogen-bond donors (Lipinski definition) is 0. The molecule has 0 radical (unpaired) electrons. The van der Waals surface area contributed by atoms with Crippen LogP contribution in [0.2, 0.25) is 0 Å². The second-order valence-corrected chi connectivity index (χ2v) is 4.09. The maximum Gasteiger partial charge on any atom is 0.123 e. The van der Waals surface area contributed by atoms with Crippen LogP contribution in [0.3, 0.4) is 0 Å². The summed E-state index contributed by atoms with van der Waals surface area (Å²) in [5.41, 5.74) is 10.3. The second kappa shape index (κ2) is 7.01. The van der Waals surface area contributed by atoms with E-state index in [-0.39, 0.29) is 0 Å². The van der Waals surface area contributed by atoms with Gasteiger partial charge in [-0.1, -0.05) is 23.3 Å². The van der Waals surface area contributed by atoms with Gasteiger partial charge in [0.15, 0.2) is 0 Å². The van der Waals surface area contributed by atoms with Gasteiger partial charge < -0.3 is 4.74 Å². The third kappa shape index (κ3) is 3.63. The molecule has 1 aromatic heterocycles. The fraction of sp³-hybridized carbons (Fsp3) is 0.214. The van der Waals surface area contributed by atoms with E-state index in [2.05, 4.69) is 15.1 Å². The minimum atomic E-state index is 0.344. The number of azide groups is 1. The second-order valence-electron chi connectivity index (χ2n) is 4.09. The molecule has 0 fully saturated rings. The average Bonchev–Trinajstić information content (AvgIpc) is 2.97. The number of ether oxygens (including phenoxy) is 1. The molecule has 2 rings (SSSR count). The van der Waals surface area contributed by atoms with Gasteiger partial charge in [0, 0.05) is 29.4 Å². The molecule has 6 heteroatoms. The first-order chi connectivity index (χ1) is 9.83. The van der Waals surface area contributed by atoms with E-state index in [1.807, 2.05) is 47.3 Å². The van der Waals surface area contributed by atoms with Crippen molar-refractivity contribution in [3.05, 3.63) is 64.3 Å². The van der Waals surface area contributed by atoms with Crippen LogP contribution in [-0.4, -0.2) is 23.4 Å². The van der Waals surface area contributed by atoms with E-state index < -0.39 is 0 Å². The number of nitrogens with zero attached hydrogens (tertiary/aromatic N) is 5. The van der Waals surface area contributed by atoms with E-state index in [1.165, 1.54) is 0 Å². The van der Waals surface area contributed by atoms with E-state index >= 15 is 0 Å². The van der Waals surface area contributed by atoms with Crippen molar-refractivity contribution in [1.82, 2.24) is 9.78 Å². The zero-order valence-corrected chi connectivity index (χ0v) is 11.2. The lowest BCUT2D eigenvalue weighted by molar-refractivity contribution is 0.407. The van der Waals surface area contributed by atoms with Gasteiger partial charge in [-0.05, 0) is 29.3 Å². The summed E-state index contributed by atoms with van der Waals surface area (Å²) in [6, 6.07) is 7.80. The molecule has 0 spiro atoms. The molecule has 0 amide bonds. The van der Waals surface area contributed by atoms with Crippen LogP contribution in [-0.2, 0) is 6.54 Å². The van der Waals surface area contributed by atoms with Crippen molar-refractivity contribution in [3.8, 4) is 5.75 Å². The van der Waals surface area contributed by atoms with Crippen molar-refractivity contribution >= 4 is 6.08 Å². The Kier molecular flexibility index (Phi) is 4.81. The normalized spacial score (nSPS) is 10.4. The van der Waals surface area contributed by atoms with Gasteiger partial charge in [-0.25, -0.2) is 0 Å². The Bertz CT molecular complexity index is 627. The first-order valence-corrected chi connectivity index (χ1v) is 6.15. The van der Waals surface area contributed by atoms with Gasteiger partial charge in [-0.2, -0.15) is 5.10 Å². The van der Waals surface area contributed by atoms with Crippen LogP contribution < -0.4 is 4.74 Å². The van der Waals surface area contributed by atoms with Crippen LogP contribution in [0, 0.1) is 0 Å². The lowest BCUT2D eigenvalue weighted by Gasteiger charge is -2.09. The van der Waals surface area contributed by atoms with Crippen LogP contribution >= 0.6 is 0 Å². The molecule has 0 saturated carbocycles. The lowest BCUT2D eigenvalue weighted by Crippen LogP contribution is -2.02. The van der Waals surface area contributed by atoms with Crippen molar-refractivity contribution < 1.29 is 4.74 Å². The predicted molar refractivity (Wildman–Crippen MR) is 77.4 cm³/mol. The Labute approximate surface area is 116 Å². The van der Waals surface area contributed by atoms with Crippen LogP contribution in [0.15, 0.2) is 47.8 Å². The zero-order valence-electron chi connectivity index (χ0n) is 11.2. The zero-order chi connectivity index (χ0) is 14.2. The monoisotopic (exact) mass is 269 g/mol. The average molecular weight is 269 g/mol. The Hall–Kier alpha value is -2.72. The molecule has 102 valence electrons. The molecule has 0 unspecified atom stereocenters. The number of aromatic nitrogens is 2. The van der Waals surface area contributed by atoms with Crippen molar-refractivity contribution in [2.75, 3.05) is 13.7 Å². The third-order valence-corrected chi connectivity index (χ3v) is 2.76. The third-order valence-electron chi connectivity index (χ3n) is 2.76. The molecule has 0 aliphatic heterocycles. The van der Waals surface area contributed by atoms with E-state index in [0.29, 0.717) is 13.1 Å². The van der Waals surface area contributed by atoms with E-state index in [0.717, 1.165) is 16.9 Å². The summed E-state index contributed by atoms with van der Waals surface area (Å²) in [5, 5.41) is 7.65. The first-order valence-electron chi connectivity index (χ1n) is 6.15. The van der Waals surface area contributed by atoms with Gasteiger partial charge in [-0.15, -0.1) is 0 Å². The molecule has 0 saturated heterocycles. The van der Waals surface area contributed by atoms with Crippen LogP contribution in [0.1, 0.15) is 11.1 Å². The Morgan fingerprint density at radius 2 is 2.40 bits per heavy atom. The fourth-order valence-corrected chi connectivity index (χ4v) is 1.87. The molecule has 2 aromatic rings. The molecular weight excluding hydrogens is 254 g/mol. The highest BCUT2D eigenvalue weighted by Crippen LogP contribution is 2.21. The summed E-state index contributed by atoms with van der Waals surface area (Å²) in [4.78, 5) is 2.70. The highest BCUT2D eigenvalue weighted by atomic mass is 16.5. The quantitative estimate of drug-likeness (QED) is 0.458. The summed E-state index contributed by atoms with van der Waals surface area (Å²) in [6.07, 6.45) is 7.39. The predicted octanol–water partition coefficient (Wildman–Crippen LogP) is 3.26. The molecule has 0 aliphatic carbocycles. The minimum Gasteiger partial charge on any atom is -0.496 e. The minimum absolute atomic E-state index is 0.344. The smallest absolute Gasteiger partial charge is 0.123 e. The van der Waals surface area contributed by atoms with Gasteiger partial charge in [0.1, 0.15) is 5.75 Å². The van der Waals surface area contributed by atoms with Crippen molar-refractivity contribution in [1.29, 1.82) is 0 Å². The van der Waals surface area contributed by atoms with Crippen molar-refractivity contribution in [2.24, 2.45) is 5.11 Å². The Morgan fingerprint density at radius 3 is 3.10 bits per heavy atom. The molecule has 0 atom stereocenters. The molecule has 0 N–H and O–H groups in total. The number of hydrogen-bond acceptors (Lipinski definition) is 3. The van der Waals surface area contributed by atoms with Gasteiger partial charge in [-0.3, -0.25) is 4.68 Å². The molecule has 0 bridgehead atoms. The maximum absolute atomic E-state index is 8.22. The molecule has 20 heavy (non-hydrogen) atoms. The standard InChI is InChI=1S/C14H15N5O/c1-20-14-6-5-12(4-2-7-16-18-15)10-13(14)11-19-9-3-8-17-19/h2-6,8-10H,7,11H2,1H3. The Balaban J connectivity index is 2.19. The summed E-state index contributed by atoms with van der Waals surface area (Å²) in [7, 11) is 1.65. The van der Waals surface area contributed by atoms with E-state index in [4.69, 9.17) is 10.3 Å². The first kappa shape index (κ1) is 13.7. The molecule has 0 aliphatic rings. The lowest BCUT2D eigenvalue weighted by atomic mass is 10.1. The van der Waals surface area contributed by atoms with Crippen LogP contribution in [0.4, 0.5) is 0 Å². The van der Waals surface area contributed by atoms with Gasteiger partial charge >= 0.3 is 0 Å². The topological polar surface area (TPSA) is 75.8 Å². The number of benzene rings is 1. The van der Waals surface area contributed by atoms with Gasteiger partial charge in [0.2, 0.25) is 0 Å². The van der Waals surface area contributed by atoms with Gasteiger partial charge in [0.05, 0.1) is 13.7 Å². The molecule has 6 nitrogen and oxygen atoms in total. The Morgan fingerprint density at radius 1 is 1.50 bits per heavy atom. The number of rotatable bonds is 6. The van der Waals surface area contributed by atoms with Crippen LogP contribution in [0.25, 0.3) is 16.5 Å². The summed E-state index contributed by atoms with van der Waals surface area (Å²) < 4.78 is 7.20. The number of methoxy groups -OCH3 is 1. The summed E-state index contributed by atoms with van der Waals surface area (Å²) in [6.45, 7) is 0.991. The van der Waals surface area contributed by atoms with Crippen LogP contribution in [0.5, 0.6) is 5.75 Å². The van der Waals surface area contributed by atoms with Gasteiger partial charge in [0.25, 0.3) is 0 Å². The highest BCUT2D eigenvalue weighted by Gasteiger charge is 2.04. The molecule has 1 aromatic carbocycles. The van der Waals surface area contributed by atoms with Crippen molar-refractivity contribution in [2.45, 2.75) is 6.54 Å². The SMILES string of the molecule is COc1ccc(C=CCN=[N+]=[N-])cc1Cn1cccn1. The fourth-order valence-electron chi connectivity index (χ4n) is 1.87. The molecule has 1 heterocycles. The van der Waals surface area contributed by atoms with Crippen molar-refractivity contribution in [3.63, 3.8) is 0 Å². The van der Waals surface area contributed by atoms with E-state index in [1.54, 1.807) is 13.3 Å².